The summed E-state index contributed by atoms with van der Waals surface area (Å²) in [6.45, 7) is 1.22. The van der Waals surface area contributed by atoms with E-state index in [-0.39, 0.29) is 19.1 Å². The number of carbonyl (C=O) groups excluding carboxylic acids is 2. The second-order valence-electron chi connectivity index (χ2n) is 5.98. The molecule has 1 amide bonds. The lowest BCUT2D eigenvalue weighted by Gasteiger charge is -2.13. The number of rotatable bonds is 8. The van der Waals surface area contributed by atoms with Gasteiger partial charge in [-0.15, -0.1) is 0 Å². The molecule has 0 aliphatic carbocycles. The van der Waals surface area contributed by atoms with Crippen LogP contribution >= 0.6 is 0 Å². The van der Waals surface area contributed by atoms with Crippen LogP contribution in [0.25, 0.3) is 11.3 Å². The largest absolute Gasteiger partial charge is 0.484 e. The van der Waals surface area contributed by atoms with Crippen LogP contribution in [0, 0.1) is 0 Å². The normalized spacial score (nSPS) is 11.5. The molecule has 1 heterocycles. The number of ether oxygens (including phenoxy) is 2. The number of amides is 1. The summed E-state index contributed by atoms with van der Waals surface area (Å²) in [6.07, 6.45) is 1.57. The molecule has 144 valence electrons. The van der Waals surface area contributed by atoms with Crippen molar-refractivity contribution in [2.45, 2.75) is 19.6 Å². The Hall–Kier alpha value is -3.61. The SMILES string of the molecule is C[C@H](NC(=O)COc1ccccc1)C(=O)OCc1ncc(-c2ccccc2)o1. The van der Waals surface area contributed by atoms with E-state index in [2.05, 4.69) is 10.3 Å². The van der Waals surface area contributed by atoms with E-state index < -0.39 is 17.9 Å². The maximum absolute atomic E-state index is 12.1. The summed E-state index contributed by atoms with van der Waals surface area (Å²) >= 11 is 0. The van der Waals surface area contributed by atoms with Gasteiger partial charge in [0.15, 0.2) is 19.0 Å². The van der Waals surface area contributed by atoms with Crippen molar-refractivity contribution in [1.29, 1.82) is 0 Å². The lowest BCUT2D eigenvalue weighted by molar-refractivity contribution is -0.149. The van der Waals surface area contributed by atoms with Crippen molar-refractivity contribution >= 4 is 11.9 Å². The van der Waals surface area contributed by atoms with Gasteiger partial charge in [-0.05, 0) is 19.1 Å². The van der Waals surface area contributed by atoms with Gasteiger partial charge in [0.1, 0.15) is 11.8 Å². The second kappa shape index (κ2) is 9.36. The van der Waals surface area contributed by atoms with Gasteiger partial charge in [0, 0.05) is 5.56 Å². The molecule has 7 nitrogen and oxygen atoms in total. The first kappa shape index (κ1) is 19.2. The van der Waals surface area contributed by atoms with Gasteiger partial charge in [-0.25, -0.2) is 9.78 Å². The molecule has 0 bridgehead atoms. The number of oxazole rings is 1. The Morgan fingerprint density at radius 2 is 1.75 bits per heavy atom. The van der Waals surface area contributed by atoms with Crippen molar-refractivity contribution in [2.75, 3.05) is 6.61 Å². The van der Waals surface area contributed by atoms with Crippen LogP contribution in [0.2, 0.25) is 0 Å². The minimum Gasteiger partial charge on any atom is -0.484 e. The second-order valence-corrected chi connectivity index (χ2v) is 5.98. The zero-order chi connectivity index (χ0) is 19.8. The highest BCUT2D eigenvalue weighted by Crippen LogP contribution is 2.20. The summed E-state index contributed by atoms with van der Waals surface area (Å²) in [6, 6.07) is 17.6. The van der Waals surface area contributed by atoms with Crippen LogP contribution in [0.3, 0.4) is 0 Å². The Balaban J connectivity index is 1.43. The van der Waals surface area contributed by atoms with Crippen LogP contribution in [0.1, 0.15) is 12.8 Å². The maximum atomic E-state index is 12.1. The molecule has 1 N–H and O–H groups in total. The first-order chi connectivity index (χ1) is 13.6. The molecule has 1 aromatic heterocycles. The average molecular weight is 380 g/mol. The average Bonchev–Trinajstić information content (AvgIpc) is 3.21. The highest BCUT2D eigenvalue weighted by atomic mass is 16.5. The Morgan fingerprint density at radius 3 is 2.46 bits per heavy atom. The molecule has 2 aromatic carbocycles. The molecule has 0 radical (unpaired) electrons. The van der Waals surface area contributed by atoms with Gasteiger partial charge in [-0.3, -0.25) is 4.79 Å². The molecule has 3 rings (SSSR count). The Morgan fingerprint density at radius 1 is 1.07 bits per heavy atom. The molecular weight excluding hydrogens is 360 g/mol. The highest BCUT2D eigenvalue weighted by molar-refractivity contribution is 5.84. The number of nitrogens with zero attached hydrogens (tertiary/aromatic N) is 1. The molecule has 0 aliphatic rings. The molecule has 0 aliphatic heterocycles. The third-order valence-electron chi connectivity index (χ3n) is 3.79. The zero-order valence-corrected chi connectivity index (χ0v) is 15.3. The summed E-state index contributed by atoms with van der Waals surface area (Å²) in [5.41, 5.74) is 0.881. The van der Waals surface area contributed by atoms with E-state index in [0.717, 1.165) is 5.56 Å². The van der Waals surface area contributed by atoms with E-state index in [0.29, 0.717) is 11.5 Å². The number of aromatic nitrogens is 1. The number of nitrogens with one attached hydrogen (secondary N) is 1. The van der Waals surface area contributed by atoms with Crippen molar-refractivity contribution in [3.8, 4) is 17.1 Å². The van der Waals surface area contributed by atoms with E-state index in [9.17, 15) is 9.59 Å². The van der Waals surface area contributed by atoms with Crippen molar-refractivity contribution in [2.24, 2.45) is 0 Å². The number of carbonyl (C=O) groups is 2. The third kappa shape index (κ3) is 5.44. The third-order valence-corrected chi connectivity index (χ3v) is 3.79. The minimum atomic E-state index is -0.824. The van der Waals surface area contributed by atoms with Crippen molar-refractivity contribution < 1.29 is 23.5 Å². The highest BCUT2D eigenvalue weighted by Gasteiger charge is 2.18. The fraction of sp³-hybridized carbons (Fsp3) is 0.190. The van der Waals surface area contributed by atoms with Gasteiger partial charge in [0.05, 0.1) is 6.20 Å². The quantitative estimate of drug-likeness (QED) is 0.604. The molecule has 0 saturated carbocycles. The van der Waals surface area contributed by atoms with Crippen LogP contribution in [0.5, 0.6) is 5.75 Å². The fourth-order valence-electron chi connectivity index (χ4n) is 2.38. The number of para-hydroxylation sites is 1. The zero-order valence-electron chi connectivity index (χ0n) is 15.3. The van der Waals surface area contributed by atoms with E-state index in [1.165, 1.54) is 6.92 Å². The van der Waals surface area contributed by atoms with Crippen LogP contribution in [0.15, 0.2) is 71.3 Å². The molecule has 3 aromatic rings. The van der Waals surface area contributed by atoms with Gasteiger partial charge in [-0.2, -0.15) is 0 Å². The lowest BCUT2D eigenvalue weighted by atomic mass is 10.2. The number of hydrogen-bond donors (Lipinski definition) is 1. The smallest absolute Gasteiger partial charge is 0.328 e. The molecule has 0 fully saturated rings. The van der Waals surface area contributed by atoms with E-state index >= 15 is 0 Å². The topological polar surface area (TPSA) is 90.7 Å². The maximum Gasteiger partial charge on any atom is 0.328 e. The first-order valence-corrected chi connectivity index (χ1v) is 8.76. The Kier molecular flexibility index (Phi) is 6.41. The lowest BCUT2D eigenvalue weighted by Crippen LogP contribution is -2.41. The standard InChI is InChI=1S/C21H20N2O5/c1-15(23-19(24)13-26-17-10-6-3-7-11-17)21(25)27-14-20-22-12-18(28-20)16-8-4-2-5-9-16/h2-12,15H,13-14H2,1H3,(H,23,24)/t15-/m0/s1. The Labute approximate surface area is 162 Å². The van der Waals surface area contributed by atoms with Gasteiger partial charge >= 0.3 is 5.97 Å². The Bertz CT molecular complexity index is 909. The molecule has 28 heavy (non-hydrogen) atoms. The monoisotopic (exact) mass is 380 g/mol. The van der Waals surface area contributed by atoms with Crippen LogP contribution < -0.4 is 10.1 Å². The molecule has 1 atom stereocenters. The fourth-order valence-corrected chi connectivity index (χ4v) is 2.38. The summed E-state index contributed by atoms with van der Waals surface area (Å²) in [4.78, 5) is 28.0. The number of hydrogen-bond acceptors (Lipinski definition) is 6. The van der Waals surface area contributed by atoms with Crippen LogP contribution in [-0.2, 0) is 20.9 Å². The predicted octanol–water partition coefficient (Wildman–Crippen LogP) is 2.97. The summed E-state index contributed by atoms with van der Waals surface area (Å²) < 4.78 is 16.1. The van der Waals surface area contributed by atoms with Crippen LogP contribution in [-0.4, -0.2) is 29.5 Å². The summed E-state index contributed by atoms with van der Waals surface area (Å²) in [5, 5.41) is 2.53. The van der Waals surface area contributed by atoms with Gasteiger partial charge in [0.2, 0.25) is 5.89 Å². The summed E-state index contributed by atoms with van der Waals surface area (Å²) in [5.74, 6) is 0.429. The first-order valence-electron chi connectivity index (χ1n) is 8.76. The molecular formula is C21H20N2O5. The molecule has 7 heteroatoms. The predicted molar refractivity (Wildman–Crippen MR) is 101 cm³/mol. The van der Waals surface area contributed by atoms with Crippen molar-refractivity contribution in [3.05, 3.63) is 72.8 Å². The van der Waals surface area contributed by atoms with E-state index in [4.69, 9.17) is 13.9 Å². The van der Waals surface area contributed by atoms with Crippen molar-refractivity contribution in [1.82, 2.24) is 10.3 Å². The van der Waals surface area contributed by atoms with Gasteiger partial charge in [-0.1, -0.05) is 48.5 Å². The number of esters is 1. The minimum absolute atomic E-state index is 0.119. The van der Waals surface area contributed by atoms with E-state index in [1.54, 1.807) is 30.5 Å². The van der Waals surface area contributed by atoms with Crippen LogP contribution in [0.4, 0.5) is 0 Å². The van der Waals surface area contributed by atoms with Crippen molar-refractivity contribution in [3.63, 3.8) is 0 Å². The van der Waals surface area contributed by atoms with Gasteiger partial charge < -0.3 is 19.2 Å². The molecule has 0 unspecified atom stereocenters. The van der Waals surface area contributed by atoms with Gasteiger partial charge in [0.25, 0.3) is 5.91 Å². The molecule has 0 saturated heterocycles. The number of benzene rings is 2. The molecule has 0 spiro atoms. The summed E-state index contributed by atoms with van der Waals surface area (Å²) in [7, 11) is 0. The van der Waals surface area contributed by atoms with E-state index in [1.807, 2.05) is 36.4 Å².